The number of allylic oxidation sites excluding steroid dienone is 2. The average molecular weight is 374 g/mol. The van der Waals surface area contributed by atoms with Gasteiger partial charge in [-0.2, -0.15) is 13.2 Å². The van der Waals surface area contributed by atoms with Gasteiger partial charge in [0.05, 0.1) is 5.56 Å². The molecule has 2 heterocycles. The Morgan fingerprint density at radius 1 is 1.11 bits per heavy atom. The van der Waals surface area contributed by atoms with E-state index in [0.717, 1.165) is 41.3 Å². The summed E-state index contributed by atoms with van der Waals surface area (Å²) >= 11 is 0. The van der Waals surface area contributed by atoms with E-state index in [-0.39, 0.29) is 0 Å². The highest BCUT2D eigenvalue weighted by Crippen LogP contribution is 2.30. The third-order valence-electron chi connectivity index (χ3n) is 4.33. The maximum atomic E-state index is 12.8. The number of nitrogens with zero attached hydrogens (tertiary/aromatic N) is 2. The molecule has 0 fully saturated rings. The minimum absolute atomic E-state index is 0.401. The number of dihydropyridines is 1. The van der Waals surface area contributed by atoms with E-state index in [1.54, 1.807) is 0 Å². The van der Waals surface area contributed by atoms with Crippen LogP contribution >= 0.6 is 0 Å². The van der Waals surface area contributed by atoms with Gasteiger partial charge in [0.25, 0.3) is 0 Å². The Bertz CT molecular complexity index is 896. The number of hydrogen-bond donors (Lipinski definition) is 2. The summed E-state index contributed by atoms with van der Waals surface area (Å²) < 4.78 is 38.3. The molecule has 7 heteroatoms. The van der Waals surface area contributed by atoms with Crippen LogP contribution < -0.4 is 10.6 Å². The largest absolute Gasteiger partial charge is 0.416 e. The molecule has 0 saturated heterocycles. The highest BCUT2D eigenvalue weighted by Gasteiger charge is 2.30. The van der Waals surface area contributed by atoms with Gasteiger partial charge in [0.15, 0.2) is 5.82 Å². The Morgan fingerprint density at radius 2 is 1.81 bits per heavy atom. The molecule has 0 amide bonds. The van der Waals surface area contributed by atoms with Gasteiger partial charge in [0.2, 0.25) is 0 Å². The van der Waals surface area contributed by atoms with Crippen molar-refractivity contribution in [1.82, 2.24) is 15.3 Å². The minimum atomic E-state index is -4.36. The molecule has 0 spiro atoms. The van der Waals surface area contributed by atoms with E-state index in [1.807, 2.05) is 32.9 Å². The van der Waals surface area contributed by atoms with Crippen LogP contribution in [-0.2, 0) is 12.6 Å². The van der Waals surface area contributed by atoms with E-state index >= 15 is 0 Å². The average Bonchev–Trinajstić information content (AvgIpc) is 2.64. The smallest absolute Gasteiger partial charge is 0.385 e. The number of benzene rings is 1. The van der Waals surface area contributed by atoms with E-state index in [2.05, 4.69) is 20.6 Å². The number of hydrogen-bond acceptors (Lipinski definition) is 4. The highest BCUT2D eigenvalue weighted by molar-refractivity contribution is 5.60. The molecule has 1 aromatic carbocycles. The van der Waals surface area contributed by atoms with Crippen LogP contribution in [0.5, 0.6) is 0 Å². The Balaban J connectivity index is 1.94. The highest BCUT2D eigenvalue weighted by atomic mass is 19.4. The molecule has 0 radical (unpaired) electrons. The maximum Gasteiger partial charge on any atom is 0.416 e. The molecule has 27 heavy (non-hydrogen) atoms. The molecule has 0 atom stereocenters. The van der Waals surface area contributed by atoms with Crippen LogP contribution in [-0.4, -0.2) is 16.5 Å². The van der Waals surface area contributed by atoms with Crippen LogP contribution in [0.3, 0.4) is 0 Å². The topological polar surface area (TPSA) is 49.8 Å². The van der Waals surface area contributed by atoms with Crippen molar-refractivity contribution in [2.45, 2.75) is 33.4 Å². The Labute approximate surface area is 156 Å². The van der Waals surface area contributed by atoms with Gasteiger partial charge in [-0.25, -0.2) is 9.97 Å². The second kappa shape index (κ2) is 7.42. The Kier molecular flexibility index (Phi) is 5.21. The summed E-state index contributed by atoms with van der Waals surface area (Å²) in [6, 6.07) is 6.77. The molecule has 0 unspecified atom stereocenters. The quantitative estimate of drug-likeness (QED) is 0.798. The van der Waals surface area contributed by atoms with Crippen molar-refractivity contribution < 1.29 is 13.2 Å². The van der Waals surface area contributed by atoms with E-state index in [1.165, 1.54) is 12.1 Å². The van der Waals surface area contributed by atoms with Crippen molar-refractivity contribution in [2.24, 2.45) is 0 Å². The van der Waals surface area contributed by atoms with Gasteiger partial charge < -0.3 is 10.6 Å². The predicted molar refractivity (Wildman–Crippen MR) is 99.9 cm³/mol. The van der Waals surface area contributed by atoms with E-state index in [4.69, 9.17) is 0 Å². The predicted octanol–water partition coefficient (Wildman–Crippen LogP) is 4.92. The van der Waals surface area contributed by atoms with Crippen molar-refractivity contribution in [3.8, 4) is 11.4 Å². The maximum absolute atomic E-state index is 12.8. The third kappa shape index (κ3) is 4.48. The Morgan fingerprint density at radius 3 is 2.44 bits per heavy atom. The van der Waals surface area contributed by atoms with Gasteiger partial charge in [-0.15, -0.1) is 0 Å². The lowest BCUT2D eigenvalue weighted by atomic mass is 10.1. The zero-order valence-electron chi connectivity index (χ0n) is 15.4. The summed E-state index contributed by atoms with van der Waals surface area (Å²) in [6.45, 7) is 6.74. The molecule has 0 bridgehead atoms. The summed E-state index contributed by atoms with van der Waals surface area (Å²) in [5.41, 5.74) is 3.83. The molecule has 1 aliphatic rings. The minimum Gasteiger partial charge on any atom is -0.385 e. The second-order valence-electron chi connectivity index (χ2n) is 6.50. The monoisotopic (exact) mass is 374 g/mol. The number of aromatic nitrogens is 2. The first-order chi connectivity index (χ1) is 12.8. The number of rotatable bonds is 4. The first-order valence-electron chi connectivity index (χ1n) is 8.71. The standard InChI is InChI=1S/C20H21F3N4/c1-4-16-10-18(26-17-9-13(3)24-11-12(17)2)27-19(25-16)14-5-7-15(8-6-14)20(21,22)23/h5-10,24H,4,11H2,1-3H3,(H,25,26,27). The lowest BCUT2D eigenvalue weighted by Gasteiger charge is -2.19. The zero-order valence-corrected chi connectivity index (χ0v) is 15.4. The van der Waals surface area contributed by atoms with Gasteiger partial charge in [0.1, 0.15) is 5.82 Å². The number of alkyl halides is 3. The molecule has 0 aliphatic carbocycles. The van der Waals surface area contributed by atoms with E-state index < -0.39 is 11.7 Å². The molecule has 0 saturated carbocycles. The van der Waals surface area contributed by atoms with Crippen LogP contribution in [0.25, 0.3) is 11.4 Å². The first-order valence-corrected chi connectivity index (χ1v) is 8.71. The summed E-state index contributed by atoms with van der Waals surface area (Å²) in [5, 5.41) is 6.58. The van der Waals surface area contributed by atoms with Crippen molar-refractivity contribution in [3.05, 3.63) is 64.6 Å². The van der Waals surface area contributed by atoms with Gasteiger partial charge >= 0.3 is 6.18 Å². The van der Waals surface area contributed by atoms with Crippen LogP contribution in [0.4, 0.5) is 19.0 Å². The molecule has 142 valence electrons. The number of anilines is 1. The fourth-order valence-corrected chi connectivity index (χ4v) is 2.72. The van der Waals surface area contributed by atoms with Gasteiger partial charge in [-0.3, -0.25) is 0 Å². The lowest BCUT2D eigenvalue weighted by Crippen LogP contribution is -2.21. The molecule has 1 aliphatic heterocycles. The number of nitrogens with one attached hydrogen (secondary N) is 2. The first kappa shape index (κ1) is 18.9. The summed E-state index contributed by atoms with van der Waals surface area (Å²) in [5.74, 6) is 1.02. The third-order valence-corrected chi connectivity index (χ3v) is 4.33. The van der Waals surface area contributed by atoms with Gasteiger partial charge in [0, 0.05) is 35.3 Å². The molecule has 1 aromatic heterocycles. The second-order valence-corrected chi connectivity index (χ2v) is 6.50. The number of aryl methyl sites for hydroxylation is 1. The lowest BCUT2D eigenvalue weighted by molar-refractivity contribution is -0.137. The zero-order chi connectivity index (χ0) is 19.6. The van der Waals surface area contributed by atoms with Gasteiger partial charge in [-0.05, 0) is 44.1 Å². The van der Waals surface area contributed by atoms with Crippen molar-refractivity contribution >= 4 is 5.82 Å². The number of halogens is 3. The summed E-state index contributed by atoms with van der Waals surface area (Å²) in [6.07, 6.45) is -1.66. The van der Waals surface area contributed by atoms with Crippen LogP contribution in [0.1, 0.15) is 32.0 Å². The molecule has 2 aromatic rings. The van der Waals surface area contributed by atoms with Crippen molar-refractivity contribution in [2.75, 3.05) is 11.9 Å². The Hall–Kier alpha value is -2.83. The SMILES string of the molecule is CCc1cc(NC2=C(C)CNC(C)=C2)nc(-c2ccc(C(F)(F)F)cc2)n1. The summed E-state index contributed by atoms with van der Waals surface area (Å²) in [7, 11) is 0. The fraction of sp³-hybridized carbons (Fsp3) is 0.300. The van der Waals surface area contributed by atoms with Crippen molar-refractivity contribution in [1.29, 1.82) is 0 Å². The molecular weight excluding hydrogens is 353 g/mol. The normalized spacial score (nSPS) is 14.7. The van der Waals surface area contributed by atoms with E-state index in [9.17, 15) is 13.2 Å². The van der Waals surface area contributed by atoms with Crippen LogP contribution in [0, 0.1) is 0 Å². The van der Waals surface area contributed by atoms with E-state index in [0.29, 0.717) is 23.6 Å². The molecule has 4 nitrogen and oxygen atoms in total. The fourth-order valence-electron chi connectivity index (χ4n) is 2.72. The van der Waals surface area contributed by atoms with Crippen LogP contribution in [0.2, 0.25) is 0 Å². The molecular formula is C20H21F3N4. The molecule has 3 rings (SSSR count). The van der Waals surface area contributed by atoms with Gasteiger partial charge in [-0.1, -0.05) is 19.1 Å². The van der Waals surface area contributed by atoms with Crippen LogP contribution in [0.15, 0.2) is 53.4 Å². The molecule has 2 N–H and O–H groups in total. The summed E-state index contributed by atoms with van der Waals surface area (Å²) in [4.78, 5) is 8.97. The van der Waals surface area contributed by atoms with Crippen molar-refractivity contribution in [3.63, 3.8) is 0 Å².